The standard InChI is InChI=1S/C26H24N6O2/c27-19-9-7-17(8-10-19)16-3-5-18(6-4-16)25(33)31-13-1-2-20(15-31)32-23-21-11-12-28-24(21)29-14-22(23)30-26(32)34/h3-12,14,20H,1-2,13,15,27H2,(H,28,29)(H,30,34)/t20-/m1/s1. The molecule has 1 amide bonds. The zero-order chi connectivity index (χ0) is 23.2. The quantitative estimate of drug-likeness (QED) is 0.360. The van der Waals surface area contributed by atoms with E-state index in [0.717, 1.165) is 46.2 Å². The van der Waals surface area contributed by atoms with Gasteiger partial charge in [0.1, 0.15) is 5.65 Å². The second kappa shape index (κ2) is 7.91. The highest BCUT2D eigenvalue weighted by molar-refractivity contribution is 6.01. The summed E-state index contributed by atoms with van der Waals surface area (Å²) in [7, 11) is 0. The number of nitrogens with zero attached hydrogens (tertiary/aromatic N) is 3. The van der Waals surface area contributed by atoms with Crippen LogP contribution in [-0.4, -0.2) is 43.4 Å². The molecule has 3 aromatic heterocycles. The van der Waals surface area contributed by atoms with Crippen LogP contribution in [0.25, 0.3) is 33.2 Å². The summed E-state index contributed by atoms with van der Waals surface area (Å²) in [5, 5.41) is 0.901. The summed E-state index contributed by atoms with van der Waals surface area (Å²) in [4.78, 5) is 38.5. The maximum Gasteiger partial charge on any atom is 0.326 e. The number of hydrogen-bond donors (Lipinski definition) is 3. The minimum atomic E-state index is -0.169. The van der Waals surface area contributed by atoms with Gasteiger partial charge in [0, 0.05) is 35.9 Å². The van der Waals surface area contributed by atoms with Crippen LogP contribution in [0.3, 0.4) is 0 Å². The van der Waals surface area contributed by atoms with Gasteiger partial charge in [-0.15, -0.1) is 0 Å². The number of likely N-dealkylation sites (tertiary alicyclic amines) is 1. The van der Waals surface area contributed by atoms with Crippen LogP contribution < -0.4 is 11.4 Å². The topological polar surface area (TPSA) is 113 Å². The molecule has 0 radical (unpaired) electrons. The van der Waals surface area contributed by atoms with Crippen molar-refractivity contribution in [3.05, 3.63) is 83.0 Å². The molecule has 0 aliphatic carbocycles. The van der Waals surface area contributed by atoms with Crippen molar-refractivity contribution in [2.75, 3.05) is 18.8 Å². The number of piperidine rings is 1. The van der Waals surface area contributed by atoms with Crippen molar-refractivity contribution < 1.29 is 4.79 Å². The van der Waals surface area contributed by atoms with Crippen molar-refractivity contribution in [3.8, 4) is 11.1 Å². The van der Waals surface area contributed by atoms with Gasteiger partial charge in [-0.25, -0.2) is 9.78 Å². The maximum absolute atomic E-state index is 13.3. The Kier molecular flexibility index (Phi) is 4.72. The Balaban J connectivity index is 1.28. The third-order valence-corrected chi connectivity index (χ3v) is 6.68. The molecule has 0 bridgehead atoms. The Hall–Kier alpha value is -4.33. The fourth-order valence-electron chi connectivity index (χ4n) is 4.98. The highest BCUT2D eigenvalue weighted by Crippen LogP contribution is 2.29. The number of anilines is 1. The summed E-state index contributed by atoms with van der Waals surface area (Å²) < 4.78 is 1.80. The molecule has 1 aliphatic rings. The largest absolute Gasteiger partial charge is 0.399 e. The van der Waals surface area contributed by atoms with E-state index in [4.69, 9.17) is 5.73 Å². The first-order valence-electron chi connectivity index (χ1n) is 11.4. The van der Waals surface area contributed by atoms with Crippen molar-refractivity contribution in [3.63, 3.8) is 0 Å². The minimum Gasteiger partial charge on any atom is -0.399 e. The molecule has 1 aliphatic heterocycles. The van der Waals surface area contributed by atoms with Crippen LogP contribution in [0.5, 0.6) is 0 Å². The third-order valence-electron chi connectivity index (χ3n) is 6.68. The number of aromatic nitrogens is 4. The van der Waals surface area contributed by atoms with E-state index in [9.17, 15) is 9.59 Å². The van der Waals surface area contributed by atoms with Crippen LogP contribution in [0.2, 0.25) is 0 Å². The van der Waals surface area contributed by atoms with Gasteiger partial charge in [0.2, 0.25) is 0 Å². The summed E-state index contributed by atoms with van der Waals surface area (Å²) in [6.45, 7) is 1.16. The molecule has 0 saturated carbocycles. The van der Waals surface area contributed by atoms with Crippen LogP contribution in [0.1, 0.15) is 29.2 Å². The lowest BCUT2D eigenvalue weighted by atomic mass is 10.0. The van der Waals surface area contributed by atoms with E-state index in [2.05, 4.69) is 15.0 Å². The predicted molar refractivity (Wildman–Crippen MR) is 133 cm³/mol. The number of nitrogens with one attached hydrogen (secondary N) is 2. The van der Waals surface area contributed by atoms with Crippen LogP contribution in [-0.2, 0) is 0 Å². The summed E-state index contributed by atoms with van der Waals surface area (Å²) >= 11 is 0. The number of amides is 1. The van der Waals surface area contributed by atoms with Gasteiger partial charge in [-0.1, -0.05) is 24.3 Å². The van der Waals surface area contributed by atoms with Crippen LogP contribution in [0, 0.1) is 0 Å². The Morgan fingerprint density at radius 2 is 1.76 bits per heavy atom. The van der Waals surface area contributed by atoms with Gasteiger partial charge in [-0.05, 0) is 54.3 Å². The molecule has 8 nitrogen and oxygen atoms in total. The fourth-order valence-corrected chi connectivity index (χ4v) is 4.98. The van der Waals surface area contributed by atoms with E-state index in [1.165, 1.54) is 0 Å². The molecule has 4 heterocycles. The Morgan fingerprint density at radius 3 is 2.53 bits per heavy atom. The predicted octanol–water partition coefficient (Wildman–Crippen LogP) is 3.93. The van der Waals surface area contributed by atoms with Gasteiger partial charge in [0.25, 0.3) is 5.91 Å². The van der Waals surface area contributed by atoms with Gasteiger partial charge in [-0.2, -0.15) is 0 Å². The molecular weight excluding hydrogens is 428 g/mol. The van der Waals surface area contributed by atoms with E-state index >= 15 is 0 Å². The summed E-state index contributed by atoms with van der Waals surface area (Å²) in [5.41, 5.74) is 11.3. The minimum absolute atomic E-state index is 0.0186. The highest BCUT2D eigenvalue weighted by Gasteiger charge is 2.28. The maximum atomic E-state index is 13.3. The van der Waals surface area contributed by atoms with Crippen LogP contribution in [0.15, 0.2) is 71.8 Å². The van der Waals surface area contributed by atoms with E-state index < -0.39 is 0 Å². The van der Waals surface area contributed by atoms with Crippen molar-refractivity contribution in [2.45, 2.75) is 18.9 Å². The molecule has 6 rings (SSSR count). The van der Waals surface area contributed by atoms with Gasteiger partial charge in [0.15, 0.2) is 0 Å². The lowest BCUT2D eigenvalue weighted by molar-refractivity contribution is 0.0680. The van der Waals surface area contributed by atoms with Gasteiger partial charge in [-0.3, -0.25) is 9.36 Å². The number of rotatable bonds is 3. The van der Waals surface area contributed by atoms with Crippen LogP contribution in [0.4, 0.5) is 5.69 Å². The summed E-state index contributed by atoms with van der Waals surface area (Å²) in [6, 6.07) is 17.2. The SMILES string of the molecule is Nc1ccc(-c2ccc(C(=O)N3CCC[C@@H](n4c(=O)[nH]c5cnc6[nH]ccc6c54)C3)cc2)cc1. The highest BCUT2D eigenvalue weighted by atomic mass is 16.2. The number of nitrogens with two attached hydrogens (primary N) is 1. The molecule has 170 valence electrons. The Labute approximate surface area is 195 Å². The first kappa shape index (κ1) is 20.3. The number of carbonyl (C=O) groups is 1. The van der Waals surface area contributed by atoms with Crippen LogP contribution >= 0.6 is 0 Å². The normalized spacial score (nSPS) is 16.4. The monoisotopic (exact) mass is 452 g/mol. The molecule has 34 heavy (non-hydrogen) atoms. The first-order chi connectivity index (χ1) is 16.6. The molecule has 0 spiro atoms. The molecule has 8 heteroatoms. The van der Waals surface area contributed by atoms with E-state index in [1.54, 1.807) is 10.8 Å². The zero-order valence-electron chi connectivity index (χ0n) is 18.5. The molecular formula is C26H24N6O2. The number of nitrogen functional groups attached to an aromatic ring is 1. The molecule has 0 unspecified atom stereocenters. The first-order valence-corrected chi connectivity index (χ1v) is 11.4. The lowest BCUT2D eigenvalue weighted by Gasteiger charge is -2.33. The van der Waals surface area contributed by atoms with Crippen molar-refractivity contribution in [1.82, 2.24) is 24.4 Å². The molecule has 5 aromatic rings. The Bertz CT molecular complexity index is 1560. The number of pyridine rings is 1. The average molecular weight is 453 g/mol. The lowest BCUT2D eigenvalue weighted by Crippen LogP contribution is -2.42. The third kappa shape index (κ3) is 3.35. The van der Waals surface area contributed by atoms with E-state index in [-0.39, 0.29) is 17.6 Å². The van der Waals surface area contributed by atoms with E-state index in [1.807, 2.05) is 65.7 Å². The number of fused-ring (bicyclic) bond motifs is 3. The summed E-state index contributed by atoms with van der Waals surface area (Å²) in [6.07, 6.45) is 5.17. The van der Waals surface area contributed by atoms with E-state index in [0.29, 0.717) is 24.2 Å². The van der Waals surface area contributed by atoms with Crippen molar-refractivity contribution >= 4 is 33.7 Å². The molecule has 1 atom stereocenters. The molecule has 2 aromatic carbocycles. The number of carbonyl (C=O) groups excluding carboxylic acids is 1. The number of hydrogen-bond acceptors (Lipinski definition) is 4. The number of H-pyrrole nitrogens is 2. The van der Waals surface area contributed by atoms with Gasteiger partial charge < -0.3 is 20.6 Å². The number of benzene rings is 2. The molecule has 1 saturated heterocycles. The average Bonchev–Trinajstić information content (AvgIpc) is 3.47. The summed E-state index contributed by atoms with van der Waals surface area (Å²) in [5.74, 6) is -0.0186. The Morgan fingerprint density at radius 1 is 1.03 bits per heavy atom. The number of aromatic amines is 2. The van der Waals surface area contributed by atoms with Crippen molar-refractivity contribution in [2.24, 2.45) is 0 Å². The fraction of sp³-hybridized carbons (Fsp3) is 0.192. The second-order valence-corrected chi connectivity index (χ2v) is 8.81. The van der Waals surface area contributed by atoms with Crippen molar-refractivity contribution in [1.29, 1.82) is 0 Å². The second-order valence-electron chi connectivity index (χ2n) is 8.81. The molecule has 1 fully saturated rings. The molecule has 4 N–H and O–H groups in total. The smallest absolute Gasteiger partial charge is 0.326 e. The van der Waals surface area contributed by atoms with Gasteiger partial charge >= 0.3 is 5.69 Å². The van der Waals surface area contributed by atoms with Gasteiger partial charge in [0.05, 0.1) is 23.3 Å². The zero-order valence-corrected chi connectivity index (χ0v) is 18.5. The number of imidazole rings is 1.